The smallest absolute Gasteiger partial charge is 0.167 e. The van der Waals surface area contributed by atoms with Crippen molar-refractivity contribution in [2.45, 2.75) is 105 Å². The molecule has 2 aromatic carbocycles. The Morgan fingerprint density at radius 1 is 0.567 bits per heavy atom. The molecule has 1 heteroatoms. The summed E-state index contributed by atoms with van der Waals surface area (Å²) in [4.78, 5) is 13.5. The van der Waals surface area contributed by atoms with Crippen LogP contribution in [-0.2, 0) is 38.5 Å². The van der Waals surface area contributed by atoms with Crippen molar-refractivity contribution in [3.63, 3.8) is 0 Å². The minimum absolute atomic E-state index is 0.281. The Balaban J connectivity index is 2.43. The van der Waals surface area contributed by atoms with Crippen LogP contribution in [0.15, 0.2) is 30.3 Å². The number of aryl methyl sites for hydroxylation is 5. The first-order valence-corrected chi connectivity index (χ1v) is 12.4. The minimum Gasteiger partial charge on any atom is -0.294 e. The average molecular weight is 407 g/mol. The van der Waals surface area contributed by atoms with Gasteiger partial charge in [0.1, 0.15) is 0 Å². The molecule has 2 rings (SSSR count). The molecule has 0 saturated heterocycles. The number of benzene rings is 2. The maximum absolute atomic E-state index is 13.5. The highest BCUT2D eigenvalue weighted by molar-refractivity contribution is 5.98. The lowest BCUT2D eigenvalue weighted by Gasteiger charge is -2.17. The molecule has 0 aliphatic rings. The molecule has 0 amide bonds. The SMILES string of the molecule is CCCc1cc(CCC)cc(C(=O)Cc2c(CCC)cc(CCC)cc2CCC)c1. The van der Waals surface area contributed by atoms with Crippen LogP contribution in [0.2, 0.25) is 0 Å². The van der Waals surface area contributed by atoms with Gasteiger partial charge in [-0.3, -0.25) is 4.79 Å². The summed E-state index contributed by atoms with van der Waals surface area (Å²) in [5, 5.41) is 0. The monoisotopic (exact) mass is 406 g/mol. The van der Waals surface area contributed by atoms with E-state index in [1.807, 2.05) is 0 Å². The minimum atomic E-state index is 0.281. The molecule has 0 bridgehead atoms. The van der Waals surface area contributed by atoms with E-state index in [-0.39, 0.29) is 5.78 Å². The second-order valence-electron chi connectivity index (χ2n) is 8.78. The van der Waals surface area contributed by atoms with Gasteiger partial charge in [0.25, 0.3) is 0 Å². The van der Waals surface area contributed by atoms with E-state index in [2.05, 4.69) is 65.0 Å². The Bertz CT molecular complexity index is 764. The van der Waals surface area contributed by atoms with Crippen molar-refractivity contribution in [2.75, 3.05) is 0 Å². The zero-order valence-electron chi connectivity index (χ0n) is 20.1. The second-order valence-corrected chi connectivity index (χ2v) is 8.78. The van der Waals surface area contributed by atoms with Crippen molar-refractivity contribution in [2.24, 2.45) is 0 Å². The summed E-state index contributed by atoms with van der Waals surface area (Å²) in [6, 6.07) is 11.4. The third-order valence-electron chi connectivity index (χ3n) is 5.86. The second kappa shape index (κ2) is 12.7. The van der Waals surface area contributed by atoms with Gasteiger partial charge in [-0.05, 0) is 77.6 Å². The summed E-state index contributed by atoms with van der Waals surface area (Å²) in [7, 11) is 0. The van der Waals surface area contributed by atoms with E-state index in [1.54, 1.807) is 0 Å². The third-order valence-corrected chi connectivity index (χ3v) is 5.86. The highest BCUT2D eigenvalue weighted by atomic mass is 16.1. The molecular weight excluding hydrogens is 364 g/mol. The summed E-state index contributed by atoms with van der Waals surface area (Å²) in [6.45, 7) is 11.1. The Kier molecular flexibility index (Phi) is 10.3. The lowest BCUT2D eigenvalue weighted by molar-refractivity contribution is 0.0992. The topological polar surface area (TPSA) is 17.1 Å². The zero-order chi connectivity index (χ0) is 21.9. The first-order chi connectivity index (χ1) is 14.6. The largest absolute Gasteiger partial charge is 0.294 e. The average Bonchev–Trinajstić information content (AvgIpc) is 2.71. The van der Waals surface area contributed by atoms with E-state index in [4.69, 9.17) is 0 Å². The molecule has 0 aliphatic carbocycles. The van der Waals surface area contributed by atoms with E-state index in [0.29, 0.717) is 6.42 Å². The summed E-state index contributed by atoms with van der Waals surface area (Å²) >= 11 is 0. The Hall–Kier alpha value is -1.89. The van der Waals surface area contributed by atoms with E-state index in [9.17, 15) is 4.79 Å². The molecule has 164 valence electrons. The van der Waals surface area contributed by atoms with Gasteiger partial charge in [-0.1, -0.05) is 84.9 Å². The Labute approximate surface area is 185 Å². The van der Waals surface area contributed by atoms with Gasteiger partial charge in [0.05, 0.1) is 0 Å². The van der Waals surface area contributed by atoms with E-state index >= 15 is 0 Å². The predicted molar refractivity (Wildman–Crippen MR) is 131 cm³/mol. The van der Waals surface area contributed by atoms with Crippen LogP contribution in [0.4, 0.5) is 0 Å². The van der Waals surface area contributed by atoms with Crippen LogP contribution in [0, 0.1) is 0 Å². The van der Waals surface area contributed by atoms with Gasteiger partial charge in [-0.15, -0.1) is 0 Å². The predicted octanol–water partition coefficient (Wildman–Crippen LogP) is 7.87. The standard InChI is InChI=1S/C29H42O/c1-6-11-22-16-23(12-7-2)20-27(19-22)29(30)21-28-25(14-9-4)17-24(13-8-3)18-26(28)15-10-5/h16-20H,6-15,21H2,1-5H3. The number of Topliss-reactive ketones (excluding diaryl/α,β-unsaturated/α-hetero) is 1. The van der Waals surface area contributed by atoms with Crippen molar-refractivity contribution in [3.8, 4) is 0 Å². The van der Waals surface area contributed by atoms with Gasteiger partial charge >= 0.3 is 0 Å². The van der Waals surface area contributed by atoms with Gasteiger partial charge in [0.15, 0.2) is 5.78 Å². The molecule has 1 nitrogen and oxygen atoms in total. The van der Waals surface area contributed by atoms with Crippen LogP contribution in [-0.4, -0.2) is 5.78 Å². The summed E-state index contributed by atoms with van der Waals surface area (Å²) < 4.78 is 0. The number of carbonyl (C=O) groups excluding carboxylic acids is 1. The quantitative estimate of drug-likeness (QED) is 0.309. The highest BCUT2D eigenvalue weighted by Gasteiger charge is 2.16. The first-order valence-electron chi connectivity index (χ1n) is 12.4. The molecular formula is C29H42O. The molecule has 0 aliphatic heterocycles. The molecule has 0 radical (unpaired) electrons. The van der Waals surface area contributed by atoms with Crippen LogP contribution < -0.4 is 0 Å². The maximum Gasteiger partial charge on any atom is 0.167 e. The molecule has 0 N–H and O–H groups in total. The summed E-state index contributed by atoms with van der Waals surface area (Å²) in [6.07, 6.45) is 11.5. The van der Waals surface area contributed by atoms with Crippen LogP contribution in [0.25, 0.3) is 0 Å². The van der Waals surface area contributed by atoms with Crippen molar-refractivity contribution >= 4 is 5.78 Å². The third kappa shape index (κ3) is 6.83. The lowest BCUT2D eigenvalue weighted by atomic mass is 9.87. The summed E-state index contributed by atoms with van der Waals surface area (Å²) in [5.41, 5.74) is 9.09. The van der Waals surface area contributed by atoms with Crippen LogP contribution >= 0.6 is 0 Å². The fourth-order valence-electron chi connectivity index (χ4n) is 4.57. The number of ketones is 1. The van der Waals surface area contributed by atoms with E-state index in [0.717, 1.165) is 63.4 Å². The van der Waals surface area contributed by atoms with Crippen LogP contribution in [0.1, 0.15) is 110 Å². The fraction of sp³-hybridized carbons (Fsp3) is 0.552. The molecule has 0 saturated carbocycles. The van der Waals surface area contributed by atoms with Crippen LogP contribution in [0.3, 0.4) is 0 Å². The molecule has 0 spiro atoms. The lowest BCUT2D eigenvalue weighted by Crippen LogP contribution is -2.11. The number of hydrogen-bond acceptors (Lipinski definition) is 1. The van der Waals surface area contributed by atoms with Gasteiger partial charge < -0.3 is 0 Å². The number of carbonyl (C=O) groups is 1. The normalized spacial score (nSPS) is 11.1. The summed E-state index contributed by atoms with van der Waals surface area (Å²) in [5.74, 6) is 0.281. The molecule has 2 aromatic rings. The van der Waals surface area contributed by atoms with Crippen molar-refractivity contribution in [1.29, 1.82) is 0 Å². The van der Waals surface area contributed by atoms with E-state index < -0.39 is 0 Å². The van der Waals surface area contributed by atoms with Crippen LogP contribution in [0.5, 0.6) is 0 Å². The Morgan fingerprint density at radius 2 is 0.967 bits per heavy atom. The van der Waals surface area contributed by atoms with Crippen molar-refractivity contribution in [3.05, 3.63) is 69.3 Å². The zero-order valence-corrected chi connectivity index (χ0v) is 20.1. The van der Waals surface area contributed by atoms with Crippen molar-refractivity contribution in [1.82, 2.24) is 0 Å². The Morgan fingerprint density at radius 3 is 1.37 bits per heavy atom. The molecule has 0 aromatic heterocycles. The van der Waals surface area contributed by atoms with Gasteiger partial charge in [-0.25, -0.2) is 0 Å². The van der Waals surface area contributed by atoms with Gasteiger partial charge in [0, 0.05) is 12.0 Å². The number of hydrogen-bond donors (Lipinski definition) is 0. The first kappa shape index (κ1) is 24.4. The molecule has 0 unspecified atom stereocenters. The molecule has 0 heterocycles. The van der Waals surface area contributed by atoms with E-state index in [1.165, 1.54) is 39.8 Å². The molecule has 0 atom stereocenters. The highest BCUT2D eigenvalue weighted by Crippen LogP contribution is 2.25. The van der Waals surface area contributed by atoms with Crippen molar-refractivity contribution < 1.29 is 4.79 Å². The fourth-order valence-corrected chi connectivity index (χ4v) is 4.57. The maximum atomic E-state index is 13.5. The molecule has 0 fully saturated rings. The molecule has 30 heavy (non-hydrogen) atoms. The van der Waals surface area contributed by atoms with Gasteiger partial charge in [-0.2, -0.15) is 0 Å². The van der Waals surface area contributed by atoms with Gasteiger partial charge in [0.2, 0.25) is 0 Å². The number of rotatable bonds is 13.